The van der Waals surface area contributed by atoms with Gasteiger partial charge in [-0.2, -0.15) is 0 Å². The van der Waals surface area contributed by atoms with Gasteiger partial charge in [0.05, 0.1) is 0 Å². The van der Waals surface area contributed by atoms with Gasteiger partial charge in [-0.25, -0.2) is 9.37 Å². The van der Waals surface area contributed by atoms with E-state index in [0.29, 0.717) is 5.69 Å². The molecule has 4 heteroatoms. The molecule has 56 valence electrons. The van der Waals surface area contributed by atoms with Crippen LogP contribution in [0.15, 0.2) is 12.1 Å². The lowest BCUT2D eigenvalue weighted by Gasteiger charge is -1.93. The summed E-state index contributed by atoms with van der Waals surface area (Å²) in [7, 11) is 0. The summed E-state index contributed by atoms with van der Waals surface area (Å²) >= 11 is 2.87. The SMILES string of the molecule is Nc1cc(F)cc(C#CBr)n1. The van der Waals surface area contributed by atoms with Crippen LogP contribution in [0.25, 0.3) is 0 Å². The number of nitrogens with two attached hydrogens (primary N) is 1. The standard InChI is InChI=1S/C7H4BrFN2/c8-2-1-6-3-5(9)4-7(10)11-6/h3-4H,(H2,10,11). The van der Waals surface area contributed by atoms with E-state index >= 15 is 0 Å². The van der Waals surface area contributed by atoms with E-state index < -0.39 is 5.82 Å². The third-order valence-electron chi connectivity index (χ3n) is 0.985. The summed E-state index contributed by atoms with van der Waals surface area (Å²) < 4.78 is 12.5. The maximum Gasteiger partial charge on any atom is 0.129 e. The number of rotatable bonds is 0. The molecule has 1 aromatic rings. The largest absolute Gasteiger partial charge is 0.384 e. The highest BCUT2D eigenvalue weighted by Crippen LogP contribution is 2.04. The monoisotopic (exact) mass is 214 g/mol. The highest BCUT2D eigenvalue weighted by molar-refractivity contribution is 9.12. The molecule has 0 amide bonds. The van der Waals surface area contributed by atoms with Crippen LogP contribution < -0.4 is 5.73 Å². The number of halogens is 2. The van der Waals surface area contributed by atoms with Crippen molar-refractivity contribution >= 4 is 21.7 Å². The Morgan fingerprint density at radius 1 is 1.55 bits per heavy atom. The normalized spacial score (nSPS) is 8.55. The molecular formula is C7H4BrFN2. The molecule has 0 aliphatic carbocycles. The maximum atomic E-state index is 12.5. The van der Waals surface area contributed by atoms with Crippen LogP contribution in [0, 0.1) is 16.6 Å². The minimum Gasteiger partial charge on any atom is -0.384 e. The number of anilines is 1. The zero-order chi connectivity index (χ0) is 8.27. The third-order valence-corrected chi connectivity index (χ3v) is 1.18. The predicted molar refractivity (Wildman–Crippen MR) is 44.4 cm³/mol. The Bertz CT molecular complexity index is 307. The van der Waals surface area contributed by atoms with Gasteiger partial charge < -0.3 is 5.73 Å². The van der Waals surface area contributed by atoms with Crippen LogP contribution >= 0.6 is 15.9 Å². The van der Waals surface area contributed by atoms with Crippen LogP contribution in [-0.4, -0.2) is 4.98 Å². The molecule has 0 atom stereocenters. The Labute approximate surface area is 71.8 Å². The molecule has 0 saturated heterocycles. The highest BCUT2D eigenvalue weighted by atomic mass is 79.9. The number of aromatic nitrogens is 1. The molecule has 0 aliphatic heterocycles. The lowest BCUT2D eigenvalue weighted by Crippen LogP contribution is -1.93. The molecule has 11 heavy (non-hydrogen) atoms. The molecule has 0 unspecified atom stereocenters. The summed E-state index contributed by atoms with van der Waals surface area (Å²) in [6, 6.07) is 2.35. The smallest absolute Gasteiger partial charge is 0.129 e. The summed E-state index contributed by atoms with van der Waals surface area (Å²) in [5.74, 6) is 2.23. The lowest BCUT2D eigenvalue weighted by atomic mass is 10.3. The molecule has 0 bridgehead atoms. The topological polar surface area (TPSA) is 38.9 Å². The molecule has 0 fully saturated rings. The van der Waals surface area contributed by atoms with E-state index in [1.165, 1.54) is 6.07 Å². The second-order valence-electron chi connectivity index (χ2n) is 1.81. The summed E-state index contributed by atoms with van der Waals surface area (Å²) in [4.78, 5) is 6.17. The number of hydrogen-bond acceptors (Lipinski definition) is 2. The Morgan fingerprint density at radius 3 is 2.82 bits per heavy atom. The number of pyridine rings is 1. The lowest BCUT2D eigenvalue weighted by molar-refractivity contribution is 0.626. The number of nitrogen functional groups attached to an aromatic ring is 1. The highest BCUT2D eigenvalue weighted by Gasteiger charge is 1.95. The van der Waals surface area contributed by atoms with Crippen LogP contribution in [0.3, 0.4) is 0 Å². The summed E-state index contributed by atoms with van der Waals surface area (Å²) in [6.45, 7) is 0. The van der Waals surface area contributed by atoms with Crippen molar-refractivity contribution in [3.05, 3.63) is 23.6 Å². The van der Waals surface area contributed by atoms with Crippen LogP contribution in [0.2, 0.25) is 0 Å². The Kier molecular flexibility index (Phi) is 2.44. The zero-order valence-corrected chi connectivity index (χ0v) is 7.02. The van der Waals surface area contributed by atoms with E-state index in [0.717, 1.165) is 6.07 Å². The van der Waals surface area contributed by atoms with Crippen molar-refractivity contribution in [1.29, 1.82) is 0 Å². The van der Waals surface area contributed by atoms with Gasteiger partial charge in [-0.15, -0.1) is 0 Å². The molecule has 0 spiro atoms. The van der Waals surface area contributed by atoms with Gasteiger partial charge in [-0.3, -0.25) is 0 Å². The molecule has 0 aliphatic rings. The zero-order valence-electron chi connectivity index (χ0n) is 5.44. The van der Waals surface area contributed by atoms with Crippen molar-refractivity contribution in [3.63, 3.8) is 0 Å². The Balaban J connectivity index is 3.15. The molecular weight excluding hydrogens is 211 g/mol. The number of nitrogens with zero attached hydrogens (tertiary/aromatic N) is 1. The van der Waals surface area contributed by atoms with Gasteiger partial charge in [0.25, 0.3) is 0 Å². The molecule has 2 nitrogen and oxygen atoms in total. The molecule has 0 saturated carbocycles. The first-order chi connectivity index (χ1) is 5.22. The van der Waals surface area contributed by atoms with Crippen LogP contribution in [0.4, 0.5) is 10.2 Å². The second kappa shape index (κ2) is 3.35. The first-order valence-electron chi connectivity index (χ1n) is 2.77. The van der Waals surface area contributed by atoms with Gasteiger partial charge in [-0.1, -0.05) is 0 Å². The van der Waals surface area contributed by atoms with E-state index in [4.69, 9.17) is 5.73 Å². The molecule has 0 radical (unpaired) electrons. The molecule has 2 N–H and O–H groups in total. The maximum absolute atomic E-state index is 12.5. The first-order valence-corrected chi connectivity index (χ1v) is 3.56. The van der Waals surface area contributed by atoms with Gasteiger partial charge in [-0.05, 0) is 10.8 Å². The Hall–Kier alpha value is -1.08. The van der Waals surface area contributed by atoms with Crippen molar-refractivity contribution in [2.45, 2.75) is 0 Å². The molecule has 0 aromatic carbocycles. The van der Waals surface area contributed by atoms with Crippen molar-refractivity contribution in [2.24, 2.45) is 0 Å². The van der Waals surface area contributed by atoms with E-state index in [1.807, 2.05) is 0 Å². The average Bonchev–Trinajstić information content (AvgIpc) is 1.85. The first kappa shape index (κ1) is 8.02. The third kappa shape index (κ3) is 2.20. The predicted octanol–water partition coefficient (Wildman–Crippen LogP) is 1.51. The molecule has 1 aromatic heterocycles. The van der Waals surface area contributed by atoms with Gasteiger partial charge in [0, 0.05) is 28.1 Å². The average molecular weight is 215 g/mol. The van der Waals surface area contributed by atoms with Gasteiger partial charge in [0.2, 0.25) is 0 Å². The fourth-order valence-electron chi connectivity index (χ4n) is 0.630. The van der Waals surface area contributed by atoms with Gasteiger partial charge in [0.15, 0.2) is 0 Å². The van der Waals surface area contributed by atoms with Crippen molar-refractivity contribution in [2.75, 3.05) is 5.73 Å². The van der Waals surface area contributed by atoms with E-state index in [-0.39, 0.29) is 5.82 Å². The van der Waals surface area contributed by atoms with Gasteiger partial charge >= 0.3 is 0 Å². The number of hydrogen-bond donors (Lipinski definition) is 1. The van der Waals surface area contributed by atoms with Crippen LogP contribution in [0.1, 0.15) is 5.69 Å². The fraction of sp³-hybridized carbons (Fsp3) is 0. The van der Waals surface area contributed by atoms with Gasteiger partial charge in [0.1, 0.15) is 17.3 Å². The summed E-state index contributed by atoms with van der Waals surface area (Å²) in [5.41, 5.74) is 5.57. The van der Waals surface area contributed by atoms with Crippen molar-refractivity contribution < 1.29 is 4.39 Å². The second-order valence-corrected chi connectivity index (χ2v) is 2.21. The minimum atomic E-state index is -0.428. The van der Waals surface area contributed by atoms with Crippen molar-refractivity contribution in [3.8, 4) is 10.8 Å². The molecule has 1 heterocycles. The fourth-order valence-corrected chi connectivity index (χ4v) is 0.833. The quantitative estimate of drug-likeness (QED) is 0.666. The minimum absolute atomic E-state index is 0.134. The van der Waals surface area contributed by atoms with E-state index in [9.17, 15) is 4.39 Å². The van der Waals surface area contributed by atoms with Crippen LogP contribution in [-0.2, 0) is 0 Å². The van der Waals surface area contributed by atoms with Crippen LogP contribution in [0.5, 0.6) is 0 Å². The molecule has 1 rings (SSSR count). The summed E-state index contributed by atoms with van der Waals surface area (Å²) in [5, 5.41) is 0. The van der Waals surface area contributed by atoms with E-state index in [1.54, 1.807) is 0 Å². The summed E-state index contributed by atoms with van der Waals surface area (Å²) in [6.07, 6.45) is 0. The Morgan fingerprint density at radius 2 is 2.27 bits per heavy atom. The van der Waals surface area contributed by atoms with E-state index in [2.05, 4.69) is 31.7 Å². The van der Waals surface area contributed by atoms with Crippen molar-refractivity contribution in [1.82, 2.24) is 4.98 Å².